The fourth-order valence-corrected chi connectivity index (χ4v) is 2.77. The van der Waals surface area contributed by atoms with Crippen LogP contribution in [0.5, 0.6) is 0 Å². The number of aliphatic hydroxyl groups excluding tert-OH is 1. The van der Waals surface area contributed by atoms with Gasteiger partial charge in [0.15, 0.2) is 0 Å². The number of nitrogens with two attached hydrogens (primary N) is 1. The Hall–Kier alpha value is -0.900. The molecule has 1 aromatic carbocycles. The molecule has 1 aliphatic rings. The van der Waals surface area contributed by atoms with Gasteiger partial charge in [0.1, 0.15) is 0 Å². The van der Waals surface area contributed by atoms with Gasteiger partial charge in [-0.2, -0.15) is 0 Å². The molecule has 4 N–H and O–H groups in total. The summed E-state index contributed by atoms with van der Waals surface area (Å²) in [6, 6.07) is 8.74. The van der Waals surface area contributed by atoms with E-state index in [9.17, 15) is 5.11 Å². The predicted octanol–water partition coefficient (Wildman–Crippen LogP) is 2.13. The molecule has 100 valence electrons. The van der Waals surface area contributed by atoms with E-state index >= 15 is 0 Å². The third-order valence-corrected chi connectivity index (χ3v) is 3.60. The molecule has 0 aliphatic heterocycles. The lowest BCUT2D eigenvalue weighted by molar-refractivity contribution is 0.142. The third kappa shape index (κ3) is 3.10. The van der Waals surface area contributed by atoms with Crippen molar-refractivity contribution < 1.29 is 5.11 Å². The fraction of sp³-hybridized carbons (Fsp3) is 0.600. The maximum absolute atomic E-state index is 9.90. The lowest BCUT2D eigenvalue weighted by Gasteiger charge is -2.18. The zero-order valence-electron chi connectivity index (χ0n) is 11.3. The van der Waals surface area contributed by atoms with Crippen molar-refractivity contribution in [3.05, 3.63) is 35.4 Å². The van der Waals surface area contributed by atoms with E-state index in [0.717, 1.165) is 12.8 Å². The summed E-state index contributed by atoms with van der Waals surface area (Å²) in [7, 11) is 0. The number of benzene rings is 1. The highest BCUT2D eigenvalue weighted by molar-refractivity contribution is 5.37. The van der Waals surface area contributed by atoms with Crippen molar-refractivity contribution in [2.75, 3.05) is 6.54 Å². The van der Waals surface area contributed by atoms with Crippen LogP contribution in [0.4, 0.5) is 0 Å². The first-order chi connectivity index (χ1) is 8.58. The van der Waals surface area contributed by atoms with Crippen molar-refractivity contribution in [3.63, 3.8) is 0 Å². The van der Waals surface area contributed by atoms with Crippen molar-refractivity contribution in [3.8, 4) is 0 Å². The van der Waals surface area contributed by atoms with E-state index in [4.69, 9.17) is 5.73 Å². The normalized spacial score (nSPS) is 24.3. The zero-order valence-corrected chi connectivity index (χ0v) is 11.3. The van der Waals surface area contributed by atoms with E-state index in [-0.39, 0.29) is 18.2 Å². The van der Waals surface area contributed by atoms with Gasteiger partial charge < -0.3 is 16.2 Å². The zero-order chi connectivity index (χ0) is 13.1. The standard InChI is InChI=1S/C15H24N2O/c1-10(2)7-11(18)9-17-15-8-14(16)12-5-3-4-6-13(12)15/h3-6,10-11,14-15,17-18H,7-9,16H2,1-2H3. The molecule has 3 atom stereocenters. The van der Waals surface area contributed by atoms with Crippen LogP contribution in [0.3, 0.4) is 0 Å². The van der Waals surface area contributed by atoms with Gasteiger partial charge in [0, 0.05) is 18.6 Å². The molecule has 0 radical (unpaired) electrons. The molecule has 3 heteroatoms. The van der Waals surface area contributed by atoms with E-state index in [0.29, 0.717) is 12.5 Å². The van der Waals surface area contributed by atoms with Gasteiger partial charge in [-0.1, -0.05) is 38.1 Å². The molecule has 2 rings (SSSR count). The smallest absolute Gasteiger partial charge is 0.0667 e. The average Bonchev–Trinajstić information content (AvgIpc) is 2.64. The van der Waals surface area contributed by atoms with E-state index in [2.05, 4.69) is 37.4 Å². The predicted molar refractivity (Wildman–Crippen MR) is 74.2 cm³/mol. The number of hydrogen-bond acceptors (Lipinski definition) is 3. The lowest BCUT2D eigenvalue weighted by atomic mass is 10.0. The van der Waals surface area contributed by atoms with Gasteiger partial charge >= 0.3 is 0 Å². The lowest BCUT2D eigenvalue weighted by Crippen LogP contribution is -2.30. The summed E-state index contributed by atoms with van der Waals surface area (Å²) in [6.45, 7) is 4.90. The first-order valence-corrected chi connectivity index (χ1v) is 6.83. The molecule has 18 heavy (non-hydrogen) atoms. The molecule has 1 aliphatic carbocycles. The summed E-state index contributed by atoms with van der Waals surface area (Å²) in [5, 5.41) is 13.3. The third-order valence-electron chi connectivity index (χ3n) is 3.60. The summed E-state index contributed by atoms with van der Waals surface area (Å²) in [6.07, 6.45) is 1.50. The number of nitrogens with one attached hydrogen (secondary N) is 1. The van der Waals surface area contributed by atoms with Gasteiger partial charge in [-0.25, -0.2) is 0 Å². The monoisotopic (exact) mass is 248 g/mol. The molecule has 3 unspecified atom stereocenters. The summed E-state index contributed by atoms with van der Waals surface area (Å²) in [4.78, 5) is 0. The van der Waals surface area contributed by atoms with Crippen LogP contribution in [-0.2, 0) is 0 Å². The molecule has 0 spiro atoms. The molecule has 0 bridgehead atoms. The van der Waals surface area contributed by atoms with E-state index in [1.807, 2.05) is 6.07 Å². The first-order valence-electron chi connectivity index (χ1n) is 6.83. The number of fused-ring (bicyclic) bond motifs is 1. The van der Waals surface area contributed by atoms with Crippen molar-refractivity contribution in [2.24, 2.45) is 11.7 Å². The summed E-state index contributed by atoms with van der Waals surface area (Å²) in [5.74, 6) is 0.528. The quantitative estimate of drug-likeness (QED) is 0.748. The topological polar surface area (TPSA) is 58.3 Å². The number of rotatable bonds is 5. The highest BCUT2D eigenvalue weighted by Gasteiger charge is 2.28. The van der Waals surface area contributed by atoms with Crippen molar-refractivity contribution in [1.82, 2.24) is 5.32 Å². The molecule has 0 saturated carbocycles. The van der Waals surface area contributed by atoms with Gasteiger partial charge in [-0.05, 0) is 29.9 Å². The molecule has 0 heterocycles. The molecule has 0 amide bonds. The summed E-state index contributed by atoms with van der Waals surface area (Å²) >= 11 is 0. The minimum atomic E-state index is -0.269. The Morgan fingerprint density at radius 2 is 2.00 bits per heavy atom. The molecule has 0 fully saturated rings. The van der Waals surface area contributed by atoms with Gasteiger partial charge in [0.25, 0.3) is 0 Å². The maximum atomic E-state index is 9.90. The Kier molecular flexibility index (Phi) is 4.38. The van der Waals surface area contributed by atoms with Gasteiger partial charge in [0.2, 0.25) is 0 Å². The average molecular weight is 248 g/mol. The van der Waals surface area contributed by atoms with Crippen LogP contribution in [0.25, 0.3) is 0 Å². The molecule has 0 aromatic heterocycles. The number of aliphatic hydroxyl groups is 1. The van der Waals surface area contributed by atoms with Crippen LogP contribution in [0.1, 0.15) is 49.9 Å². The fourth-order valence-electron chi connectivity index (χ4n) is 2.77. The first kappa shape index (κ1) is 13.5. The minimum Gasteiger partial charge on any atom is -0.392 e. The van der Waals surface area contributed by atoms with Crippen LogP contribution in [0, 0.1) is 5.92 Å². The SMILES string of the molecule is CC(C)CC(O)CNC1CC(N)c2ccccc21. The van der Waals surface area contributed by atoms with Crippen LogP contribution in [0.15, 0.2) is 24.3 Å². The minimum absolute atomic E-state index is 0.126. The largest absolute Gasteiger partial charge is 0.392 e. The van der Waals surface area contributed by atoms with Gasteiger partial charge in [-0.15, -0.1) is 0 Å². The molecular formula is C15H24N2O. The Morgan fingerprint density at radius 3 is 2.67 bits per heavy atom. The molecule has 3 nitrogen and oxygen atoms in total. The Balaban J connectivity index is 1.92. The summed E-state index contributed by atoms with van der Waals surface area (Å²) < 4.78 is 0. The van der Waals surface area contributed by atoms with Crippen molar-refractivity contribution in [2.45, 2.75) is 44.9 Å². The summed E-state index contributed by atoms with van der Waals surface area (Å²) in [5.41, 5.74) is 8.66. The van der Waals surface area contributed by atoms with Gasteiger partial charge in [-0.3, -0.25) is 0 Å². The second-order valence-electron chi connectivity index (χ2n) is 5.72. The van der Waals surface area contributed by atoms with Crippen LogP contribution < -0.4 is 11.1 Å². The van der Waals surface area contributed by atoms with E-state index < -0.39 is 0 Å². The molecular weight excluding hydrogens is 224 g/mol. The molecule has 0 saturated heterocycles. The van der Waals surface area contributed by atoms with Crippen LogP contribution in [0.2, 0.25) is 0 Å². The van der Waals surface area contributed by atoms with Crippen molar-refractivity contribution >= 4 is 0 Å². The Morgan fingerprint density at radius 1 is 1.33 bits per heavy atom. The van der Waals surface area contributed by atoms with Crippen molar-refractivity contribution in [1.29, 1.82) is 0 Å². The van der Waals surface area contributed by atoms with Gasteiger partial charge in [0.05, 0.1) is 6.10 Å². The van der Waals surface area contributed by atoms with Crippen LogP contribution in [-0.4, -0.2) is 17.8 Å². The Labute approximate surface area is 109 Å². The highest BCUT2D eigenvalue weighted by Crippen LogP contribution is 2.36. The van der Waals surface area contributed by atoms with E-state index in [1.165, 1.54) is 11.1 Å². The maximum Gasteiger partial charge on any atom is 0.0667 e. The second kappa shape index (κ2) is 5.83. The number of hydrogen-bond donors (Lipinski definition) is 3. The van der Waals surface area contributed by atoms with Crippen LogP contribution >= 0.6 is 0 Å². The second-order valence-corrected chi connectivity index (χ2v) is 5.72. The van der Waals surface area contributed by atoms with E-state index in [1.54, 1.807) is 0 Å². The Bertz CT molecular complexity index is 392. The highest BCUT2D eigenvalue weighted by atomic mass is 16.3. The molecule has 1 aromatic rings.